The number of benzene rings is 4. The number of aromatic nitrogens is 1. The lowest BCUT2D eigenvalue weighted by molar-refractivity contribution is -0.136. The Kier molecular flexibility index (Phi) is 8.53. The van der Waals surface area contributed by atoms with E-state index in [-0.39, 0.29) is 27.9 Å². The molecule has 0 aliphatic carbocycles. The average Bonchev–Trinajstić information content (AvgIpc) is 3.35. The van der Waals surface area contributed by atoms with E-state index in [9.17, 15) is 22.8 Å². The highest BCUT2D eigenvalue weighted by atomic mass is 79.9. The second-order valence-electron chi connectivity index (χ2n) is 8.87. The molecule has 0 aliphatic heterocycles. The van der Waals surface area contributed by atoms with Gasteiger partial charge in [0.2, 0.25) is 0 Å². The van der Waals surface area contributed by atoms with E-state index in [0.717, 1.165) is 6.07 Å². The Labute approximate surface area is 258 Å². The fraction of sp³-hybridized carbons (Fsp3) is 0.0333. The smallest absolute Gasteiger partial charge is 0.418 e. The zero-order valence-electron chi connectivity index (χ0n) is 21.1. The molecule has 42 heavy (non-hydrogen) atoms. The van der Waals surface area contributed by atoms with Crippen LogP contribution in [-0.4, -0.2) is 23.1 Å². The molecular weight excluding hydrogens is 703 g/mol. The Hall–Kier alpha value is -3.93. The molecule has 0 aliphatic rings. The summed E-state index contributed by atoms with van der Waals surface area (Å²) in [6, 6.07) is 21.8. The predicted octanol–water partition coefficient (Wildman–Crippen LogP) is 9.02. The van der Waals surface area contributed by atoms with Crippen molar-refractivity contribution < 1.29 is 27.5 Å². The number of H-pyrrole nitrogens is 1. The summed E-state index contributed by atoms with van der Waals surface area (Å²) in [7, 11) is 0. The number of aromatic amines is 1. The third kappa shape index (κ3) is 6.28. The monoisotopic (exact) mass is 717 g/mol. The van der Waals surface area contributed by atoms with E-state index in [4.69, 9.17) is 16.3 Å². The summed E-state index contributed by atoms with van der Waals surface area (Å²) in [6.45, 7) is 0. The molecule has 5 rings (SSSR count). The van der Waals surface area contributed by atoms with Gasteiger partial charge in [-0.2, -0.15) is 18.3 Å². The van der Waals surface area contributed by atoms with E-state index in [0.29, 0.717) is 30.7 Å². The highest BCUT2D eigenvalue weighted by Gasteiger charge is 2.34. The lowest BCUT2D eigenvalue weighted by Gasteiger charge is -2.11. The molecule has 0 saturated heterocycles. The van der Waals surface area contributed by atoms with Gasteiger partial charge >= 0.3 is 12.1 Å². The molecule has 0 radical (unpaired) electrons. The van der Waals surface area contributed by atoms with Crippen LogP contribution in [0, 0.1) is 0 Å². The molecule has 0 atom stereocenters. The number of carbonyl (C=O) groups is 2. The molecule has 0 saturated carbocycles. The number of rotatable bonds is 6. The topological polar surface area (TPSA) is 83.5 Å². The van der Waals surface area contributed by atoms with Crippen LogP contribution in [0.25, 0.3) is 22.0 Å². The first-order valence-electron chi connectivity index (χ1n) is 12.1. The SMILES string of the molecule is O=C(Oc1c(Br)cc(Br)cc1C=NNC(=O)c1[nH]c2c(C(F)(F)F)cccc2c1-c1ccccc1)c1ccc(Cl)cc1. The number of carbonyl (C=O) groups excluding carboxylic acids is 2. The minimum atomic E-state index is -4.64. The second kappa shape index (κ2) is 12.1. The summed E-state index contributed by atoms with van der Waals surface area (Å²) >= 11 is 12.6. The van der Waals surface area contributed by atoms with Crippen LogP contribution < -0.4 is 10.2 Å². The molecule has 0 fully saturated rings. The molecule has 4 aromatic carbocycles. The maximum Gasteiger partial charge on any atom is 0.418 e. The maximum absolute atomic E-state index is 13.8. The van der Waals surface area contributed by atoms with Crippen LogP contribution >= 0.6 is 43.5 Å². The number of halogens is 6. The number of alkyl halides is 3. The first kappa shape index (κ1) is 29.6. The van der Waals surface area contributed by atoms with Crippen molar-refractivity contribution >= 4 is 72.5 Å². The van der Waals surface area contributed by atoms with Crippen molar-refractivity contribution in [1.82, 2.24) is 10.4 Å². The van der Waals surface area contributed by atoms with Gasteiger partial charge in [-0.25, -0.2) is 10.2 Å². The lowest BCUT2D eigenvalue weighted by Crippen LogP contribution is -2.19. The molecule has 0 bridgehead atoms. The average molecular weight is 720 g/mol. The Morgan fingerprint density at radius 2 is 1.67 bits per heavy atom. The molecule has 1 aromatic heterocycles. The van der Waals surface area contributed by atoms with Crippen LogP contribution in [0.5, 0.6) is 5.75 Å². The quantitative estimate of drug-likeness (QED) is 0.0796. The summed E-state index contributed by atoms with van der Waals surface area (Å²) in [5, 5.41) is 4.70. The van der Waals surface area contributed by atoms with Crippen molar-refractivity contribution in [2.45, 2.75) is 6.18 Å². The fourth-order valence-corrected chi connectivity index (χ4v) is 5.73. The Morgan fingerprint density at radius 1 is 0.952 bits per heavy atom. The van der Waals surface area contributed by atoms with Gasteiger partial charge in [0.25, 0.3) is 5.91 Å². The summed E-state index contributed by atoms with van der Waals surface area (Å²) < 4.78 is 48.0. The molecule has 0 spiro atoms. The molecule has 2 N–H and O–H groups in total. The van der Waals surface area contributed by atoms with Crippen LogP contribution in [0.2, 0.25) is 5.02 Å². The van der Waals surface area contributed by atoms with Crippen LogP contribution in [0.15, 0.2) is 99.0 Å². The summed E-state index contributed by atoms with van der Waals surface area (Å²) in [6.07, 6.45) is -3.39. The van der Waals surface area contributed by atoms with E-state index >= 15 is 0 Å². The van der Waals surface area contributed by atoms with Gasteiger partial charge in [0.1, 0.15) is 5.69 Å². The van der Waals surface area contributed by atoms with Gasteiger partial charge in [-0.3, -0.25) is 4.79 Å². The number of esters is 1. The predicted molar refractivity (Wildman–Crippen MR) is 162 cm³/mol. The number of fused-ring (bicyclic) bond motifs is 1. The zero-order valence-corrected chi connectivity index (χ0v) is 25.0. The highest BCUT2D eigenvalue weighted by molar-refractivity contribution is 9.11. The Bertz CT molecular complexity index is 1840. The molecule has 212 valence electrons. The number of hydrogen-bond donors (Lipinski definition) is 2. The molecule has 1 amide bonds. The number of nitrogens with one attached hydrogen (secondary N) is 2. The Balaban J connectivity index is 1.48. The van der Waals surface area contributed by atoms with Crippen molar-refractivity contribution in [3.8, 4) is 16.9 Å². The minimum Gasteiger partial charge on any atom is -0.421 e. The van der Waals surface area contributed by atoms with Crippen LogP contribution in [-0.2, 0) is 6.18 Å². The molecule has 1 heterocycles. The number of nitrogens with zero attached hydrogens (tertiary/aromatic N) is 1. The number of hydrogen-bond acceptors (Lipinski definition) is 4. The van der Waals surface area contributed by atoms with Crippen molar-refractivity contribution in [2.24, 2.45) is 5.10 Å². The van der Waals surface area contributed by atoms with Crippen LogP contribution in [0.4, 0.5) is 13.2 Å². The lowest BCUT2D eigenvalue weighted by atomic mass is 10.0. The summed E-state index contributed by atoms with van der Waals surface area (Å²) in [4.78, 5) is 28.7. The summed E-state index contributed by atoms with van der Waals surface area (Å²) in [5.74, 6) is -1.30. The largest absolute Gasteiger partial charge is 0.421 e. The van der Waals surface area contributed by atoms with Crippen molar-refractivity contribution in [2.75, 3.05) is 0 Å². The van der Waals surface area contributed by atoms with Crippen molar-refractivity contribution in [3.63, 3.8) is 0 Å². The maximum atomic E-state index is 13.8. The number of amides is 1. The third-order valence-corrected chi connectivity index (χ3v) is 7.41. The van der Waals surface area contributed by atoms with Crippen molar-refractivity contribution in [3.05, 3.63) is 121 Å². The van der Waals surface area contributed by atoms with Gasteiger partial charge in [0, 0.05) is 26.0 Å². The third-order valence-electron chi connectivity index (χ3n) is 6.11. The number of ether oxygens (including phenoxy) is 1. The number of para-hydroxylation sites is 1. The minimum absolute atomic E-state index is 0.102. The van der Waals surface area contributed by atoms with E-state index in [1.807, 2.05) is 0 Å². The van der Waals surface area contributed by atoms with Crippen LogP contribution in [0.3, 0.4) is 0 Å². The first-order valence-corrected chi connectivity index (χ1v) is 14.1. The fourth-order valence-electron chi connectivity index (χ4n) is 4.27. The van der Waals surface area contributed by atoms with Gasteiger partial charge < -0.3 is 9.72 Å². The standard InChI is InChI=1S/C30H17Br2ClF3N3O3/c31-19-13-18(27(23(32)14-19)42-29(41)17-9-11-20(33)12-10-17)15-37-39-28(40)26-24(16-5-2-1-3-6-16)21-7-4-8-22(25(21)38-26)30(34,35)36/h1-15,38H,(H,39,40). The zero-order chi connectivity index (χ0) is 30.0. The van der Waals surface area contributed by atoms with E-state index in [1.165, 1.54) is 30.5 Å². The van der Waals surface area contributed by atoms with Gasteiger partial charge in [0.15, 0.2) is 5.75 Å². The van der Waals surface area contributed by atoms with Gasteiger partial charge in [-0.05, 0) is 64.0 Å². The van der Waals surface area contributed by atoms with Gasteiger partial charge in [-0.1, -0.05) is 70.0 Å². The molecule has 5 aromatic rings. The second-order valence-corrected chi connectivity index (χ2v) is 11.1. The highest BCUT2D eigenvalue weighted by Crippen LogP contribution is 2.40. The molecule has 12 heteroatoms. The molecule has 0 unspecified atom stereocenters. The van der Waals surface area contributed by atoms with Crippen molar-refractivity contribution in [1.29, 1.82) is 0 Å². The van der Waals surface area contributed by atoms with E-state index in [1.54, 1.807) is 54.6 Å². The molecule has 6 nitrogen and oxygen atoms in total. The van der Waals surface area contributed by atoms with E-state index in [2.05, 4.69) is 47.4 Å². The summed E-state index contributed by atoms with van der Waals surface area (Å²) in [5.41, 5.74) is 2.57. The first-order chi connectivity index (χ1) is 20.0. The normalized spacial score (nSPS) is 11.7. The van der Waals surface area contributed by atoms with Gasteiger partial charge in [0.05, 0.1) is 27.3 Å². The van der Waals surface area contributed by atoms with E-state index < -0.39 is 23.6 Å². The molecular formula is C30H17Br2ClF3N3O3. The number of hydrazone groups is 1. The Morgan fingerprint density at radius 3 is 2.36 bits per heavy atom. The van der Waals surface area contributed by atoms with Gasteiger partial charge in [-0.15, -0.1) is 0 Å². The van der Waals surface area contributed by atoms with Crippen LogP contribution in [0.1, 0.15) is 32.0 Å².